The van der Waals surface area contributed by atoms with Crippen LogP contribution < -0.4 is 15.0 Å². The average molecular weight is 607 g/mol. The highest BCUT2D eigenvalue weighted by molar-refractivity contribution is 9.10. The van der Waals surface area contributed by atoms with Crippen molar-refractivity contribution in [1.82, 2.24) is 0 Å². The van der Waals surface area contributed by atoms with E-state index in [2.05, 4.69) is 26.0 Å². The molecule has 0 atom stereocenters. The van der Waals surface area contributed by atoms with Crippen molar-refractivity contribution in [3.05, 3.63) is 87.1 Å². The van der Waals surface area contributed by atoms with E-state index in [1.165, 1.54) is 43.0 Å². The molecule has 0 saturated heterocycles. The van der Waals surface area contributed by atoms with Gasteiger partial charge >= 0.3 is 6.61 Å². The van der Waals surface area contributed by atoms with E-state index in [9.17, 15) is 22.8 Å². The van der Waals surface area contributed by atoms with Crippen molar-refractivity contribution in [3.8, 4) is 5.75 Å². The molecule has 5 nitrogen and oxygen atoms in total. The van der Waals surface area contributed by atoms with Crippen LogP contribution in [0, 0.1) is 18.7 Å². The number of carbonyl (C=O) groups is 2. The van der Waals surface area contributed by atoms with Crippen LogP contribution in [0.3, 0.4) is 0 Å². The molecule has 1 N–H and O–H groups in total. The Balaban J connectivity index is 1.69. The molecule has 10 heteroatoms. The predicted molar refractivity (Wildman–Crippen MR) is 145 cm³/mol. The zero-order chi connectivity index (χ0) is 28.5. The zero-order valence-corrected chi connectivity index (χ0v) is 23.1. The molecule has 0 spiro atoms. The van der Waals surface area contributed by atoms with Crippen LogP contribution in [-0.2, 0) is 5.67 Å². The van der Waals surface area contributed by atoms with Gasteiger partial charge in [0.2, 0.25) is 0 Å². The maximum Gasteiger partial charge on any atom is 0.387 e. The molecule has 2 amide bonds. The lowest BCUT2D eigenvalue weighted by Gasteiger charge is -2.24. The molecule has 1 saturated carbocycles. The first kappa shape index (κ1) is 28.6. The molecule has 3 aromatic rings. The molecule has 1 fully saturated rings. The number of amides is 2. The van der Waals surface area contributed by atoms with Crippen molar-refractivity contribution in [2.24, 2.45) is 5.92 Å². The fraction of sp³-hybridized carbons (Fsp3) is 0.310. The predicted octanol–water partition coefficient (Wildman–Crippen LogP) is 8.01. The number of carbonyl (C=O) groups excluding carboxylic acids is 2. The maximum absolute atomic E-state index is 15.9. The highest BCUT2D eigenvalue weighted by Gasteiger charge is 2.31. The van der Waals surface area contributed by atoms with Crippen molar-refractivity contribution in [2.75, 3.05) is 16.8 Å². The highest BCUT2D eigenvalue weighted by atomic mass is 79.9. The van der Waals surface area contributed by atoms with Crippen LogP contribution in [0.2, 0.25) is 0 Å². The summed E-state index contributed by atoms with van der Waals surface area (Å²) >= 11 is 3.17. The number of nitrogens with zero attached hydrogens (tertiary/aromatic N) is 1. The molecule has 206 valence electrons. The van der Waals surface area contributed by atoms with Crippen molar-refractivity contribution >= 4 is 39.1 Å². The number of rotatable bonds is 9. The quantitative estimate of drug-likeness (QED) is 0.251. The number of anilines is 2. The number of nitrogens with one attached hydrogen (secondary N) is 1. The number of hydrogen-bond acceptors (Lipinski definition) is 3. The monoisotopic (exact) mass is 606 g/mol. The number of aryl methyl sites for hydroxylation is 1. The first-order valence-corrected chi connectivity index (χ1v) is 13.1. The largest absolute Gasteiger partial charge is 0.433 e. The summed E-state index contributed by atoms with van der Waals surface area (Å²) < 4.78 is 61.2. The molecule has 0 aromatic heterocycles. The summed E-state index contributed by atoms with van der Waals surface area (Å²) in [5.74, 6) is -2.58. The van der Waals surface area contributed by atoms with Gasteiger partial charge in [-0.3, -0.25) is 9.59 Å². The molecule has 0 bridgehead atoms. The second kappa shape index (κ2) is 11.4. The average Bonchev–Trinajstić information content (AvgIpc) is 3.68. The fourth-order valence-electron chi connectivity index (χ4n) is 4.02. The van der Waals surface area contributed by atoms with Crippen molar-refractivity contribution in [1.29, 1.82) is 0 Å². The van der Waals surface area contributed by atoms with Gasteiger partial charge < -0.3 is 15.0 Å². The first-order valence-electron chi connectivity index (χ1n) is 12.3. The smallest absolute Gasteiger partial charge is 0.387 e. The molecule has 3 aromatic carbocycles. The molecule has 39 heavy (non-hydrogen) atoms. The van der Waals surface area contributed by atoms with Crippen LogP contribution in [0.1, 0.15) is 58.5 Å². The van der Waals surface area contributed by atoms with Gasteiger partial charge in [0.05, 0.1) is 16.9 Å². The molecular formula is C29H27BrF4N2O3. The first-order chi connectivity index (χ1) is 18.3. The van der Waals surface area contributed by atoms with E-state index in [4.69, 9.17) is 0 Å². The van der Waals surface area contributed by atoms with Gasteiger partial charge in [-0.15, -0.1) is 0 Å². The lowest BCUT2D eigenvalue weighted by Crippen LogP contribution is -2.34. The second-order valence-electron chi connectivity index (χ2n) is 10.0. The van der Waals surface area contributed by atoms with E-state index < -0.39 is 41.2 Å². The normalized spacial score (nSPS) is 13.4. The Kier molecular flexibility index (Phi) is 8.34. The second-order valence-corrected chi connectivity index (χ2v) is 10.9. The third-order valence-corrected chi connectivity index (χ3v) is 7.02. The third kappa shape index (κ3) is 6.79. The van der Waals surface area contributed by atoms with E-state index >= 15 is 4.39 Å². The van der Waals surface area contributed by atoms with Crippen LogP contribution in [0.4, 0.5) is 28.9 Å². The Morgan fingerprint density at radius 1 is 1.13 bits per heavy atom. The fourth-order valence-corrected chi connectivity index (χ4v) is 4.56. The molecule has 4 rings (SSSR count). The Morgan fingerprint density at radius 3 is 2.38 bits per heavy atom. The summed E-state index contributed by atoms with van der Waals surface area (Å²) in [6.07, 6.45) is 1.82. The van der Waals surface area contributed by atoms with E-state index in [1.807, 2.05) is 6.92 Å². The van der Waals surface area contributed by atoms with Gasteiger partial charge in [-0.25, -0.2) is 8.78 Å². The van der Waals surface area contributed by atoms with Crippen LogP contribution in [-0.4, -0.2) is 25.0 Å². The van der Waals surface area contributed by atoms with Crippen LogP contribution >= 0.6 is 15.9 Å². The van der Waals surface area contributed by atoms with Gasteiger partial charge in [0.25, 0.3) is 11.8 Å². The Labute approximate surface area is 232 Å². The third-order valence-electron chi connectivity index (χ3n) is 6.39. The summed E-state index contributed by atoms with van der Waals surface area (Å²) in [6.45, 7) is 1.40. The van der Waals surface area contributed by atoms with Crippen molar-refractivity contribution < 1.29 is 31.9 Å². The zero-order valence-electron chi connectivity index (χ0n) is 21.5. The minimum absolute atomic E-state index is 0.0292. The lowest BCUT2D eigenvalue weighted by molar-refractivity contribution is -0.0495. The number of halogens is 5. The molecule has 0 aliphatic heterocycles. The Hall–Kier alpha value is -3.40. The number of hydrogen-bond donors (Lipinski definition) is 1. The topological polar surface area (TPSA) is 58.6 Å². The molecule has 0 unspecified atom stereocenters. The van der Waals surface area contributed by atoms with Gasteiger partial charge in [0, 0.05) is 16.6 Å². The van der Waals surface area contributed by atoms with Crippen molar-refractivity contribution in [3.63, 3.8) is 0 Å². The van der Waals surface area contributed by atoms with E-state index in [0.29, 0.717) is 5.56 Å². The summed E-state index contributed by atoms with van der Waals surface area (Å²) in [6, 6.07) is 13.3. The summed E-state index contributed by atoms with van der Waals surface area (Å²) in [5.41, 5.74) is -1.21. The molecule has 1 aliphatic carbocycles. The van der Waals surface area contributed by atoms with E-state index in [1.54, 1.807) is 24.3 Å². The Morgan fingerprint density at radius 2 is 1.79 bits per heavy atom. The lowest BCUT2D eigenvalue weighted by atomic mass is 9.99. The molecule has 0 heterocycles. The summed E-state index contributed by atoms with van der Waals surface area (Å²) in [4.78, 5) is 27.9. The molecule has 0 radical (unpaired) electrons. The number of alkyl halides is 3. The van der Waals surface area contributed by atoms with Gasteiger partial charge in [-0.05, 0) is 97.4 Å². The standard InChI is InChI=1S/C29H27BrF4N2O3/c1-16-7-11-18(12-8-16)27(38)36(15-17-9-10-17)22-6-4-5-20(24(22)31)26(37)35-25-21(30)13-19(29(2,3)34)14-23(25)39-28(32)33/h4-8,11-14,17,28H,9-10,15H2,1-3H3,(H,35,37). The van der Waals surface area contributed by atoms with E-state index in [0.717, 1.165) is 24.5 Å². The molecule has 1 aliphatic rings. The number of ether oxygens (including phenoxy) is 1. The number of benzene rings is 3. The molecular weight excluding hydrogens is 580 g/mol. The van der Waals surface area contributed by atoms with Gasteiger partial charge in [-0.2, -0.15) is 8.78 Å². The SMILES string of the molecule is Cc1ccc(C(=O)N(CC2CC2)c2cccc(C(=O)Nc3c(Br)cc(C(C)(C)F)cc3OC(F)F)c2F)cc1. The van der Waals surface area contributed by atoms with E-state index in [-0.39, 0.29) is 33.9 Å². The summed E-state index contributed by atoms with van der Waals surface area (Å²) in [5, 5.41) is 2.40. The van der Waals surface area contributed by atoms with Crippen LogP contribution in [0.25, 0.3) is 0 Å². The van der Waals surface area contributed by atoms with Gasteiger partial charge in [0.15, 0.2) is 11.6 Å². The highest BCUT2D eigenvalue weighted by Crippen LogP contribution is 2.40. The maximum atomic E-state index is 15.9. The van der Waals surface area contributed by atoms with Crippen molar-refractivity contribution in [2.45, 2.75) is 45.9 Å². The minimum atomic E-state index is -3.26. The van der Waals surface area contributed by atoms with Gasteiger partial charge in [-0.1, -0.05) is 23.8 Å². The van der Waals surface area contributed by atoms with Crippen LogP contribution in [0.15, 0.2) is 59.1 Å². The minimum Gasteiger partial charge on any atom is -0.433 e. The van der Waals surface area contributed by atoms with Gasteiger partial charge in [0.1, 0.15) is 5.67 Å². The Bertz CT molecular complexity index is 1390. The summed E-state index contributed by atoms with van der Waals surface area (Å²) in [7, 11) is 0. The van der Waals surface area contributed by atoms with Crippen LogP contribution in [0.5, 0.6) is 5.75 Å².